The Morgan fingerprint density at radius 3 is 2.88 bits per heavy atom. The SMILES string of the molecule is N#CCCCCOc1ccc(Br)c(CCl)c1. The van der Waals surface area contributed by atoms with Crippen molar-refractivity contribution >= 4 is 27.5 Å². The van der Waals surface area contributed by atoms with Crippen molar-refractivity contribution in [3.05, 3.63) is 28.2 Å². The third kappa shape index (κ3) is 4.42. The second-order valence-corrected chi connectivity index (χ2v) is 4.47. The smallest absolute Gasteiger partial charge is 0.119 e. The molecule has 86 valence electrons. The van der Waals surface area contributed by atoms with E-state index in [0.717, 1.165) is 28.6 Å². The van der Waals surface area contributed by atoms with Crippen LogP contribution in [0.3, 0.4) is 0 Å². The Morgan fingerprint density at radius 1 is 1.38 bits per heavy atom. The molecule has 0 spiro atoms. The van der Waals surface area contributed by atoms with Gasteiger partial charge in [-0.3, -0.25) is 0 Å². The van der Waals surface area contributed by atoms with Crippen LogP contribution in [0.5, 0.6) is 5.75 Å². The van der Waals surface area contributed by atoms with Crippen molar-refractivity contribution < 1.29 is 4.74 Å². The van der Waals surface area contributed by atoms with Gasteiger partial charge in [-0.25, -0.2) is 0 Å². The maximum absolute atomic E-state index is 8.37. The number of nitrogens with zero attached hydrogens (tertiary/aromatic N) is 1. The van der Waals surface area contributed by atoms with Gasteiger partial charge in [0.05, 0.1) is 12.7 Å². The first kappa shape index (κ1) is 13.3. The molecule has 2 nitrogen and oxygen atoms in total. The number of halogens is 2. The molecule has 0 N–H and O–H groups in total. The molecule has 0 heterocycles. The van der Waals surface area contributed by atoms with E-state index in [1.165, 1.54) is 0 Å². The molecule has 0 aliphatic heterocycles. The Balaban J connectivity index is 2.40. The van der Waals surface area contributed by atoms with Gasteiger partial charge in [-0.05, 0) is 36.6 Å². The van der Waals surface area contributed by atoms with E-state index in [1.54, 1.807) is 0 Å². The number of unbranched alkanes of at least 4 members (excludes halogenated alkanes) is 2. The maximum atomic E-state index is 8.37. The molecule has 1 rings (SSSR count). The zero-order valence-corrected chi connectivity index (χ0v) is 11.2. The van der Waals surface area contributed by atoms with Crippen molar-refractivity contribution in [1.82, 2.24) is 0 Å². The average molecular weight is 303 g/mol. The molecule has 0 radical (unpaired) electrons. The molecule has 0 aliphatic rings. The van der Waals surface area contributed by atoms with Gasteiger partial charge in [0, 0.05) is 16.8 Å². The average Bonchev–Trinajstić information content (AvgIpc) is 2.31. The van der Waals surface area contributed by atoms with E-state index in [-0.39, 0.29) is 0 Å². The van der Waals surface area contributed by atoms with Crippen LogP contribution in [0.15, 0.2) is 22.7 Å². The first-order valence-corrected chi connectivity index (χ1v) is 6.45. The Labute approximate surface area is 109 Å². The number of alkyl halides is 1. The number of hydrogen-bond donors (Lipinski definition) is 0. The second-order valence-electron chi connectivity index (χ2n) is 3.35. The summed E-state index contributed by atoms with van der Waals surface area (Å²) in [5.41, 5.74) is 1.02. The lowest BCUT2D eigenvalue weighted by Crippen LogP contribution is -1.97. The monoisotopic (exact) mass is 301 g/mol. The van der Waals surface area contributed by atoms with Gasteiger partial charge in [0.1, 0.15) is 5.75 Å². The van der Waals surface area contributed by atoms with Gasteiger partial charge < -0.3 is 4.74 Å². The summed E-state index contributed by atoms with van der Waals surface area (Å²) in [6.07, 6.45) is 2.38. The molecule has 0 saturated carbocycles. The van der Waals surface area contributed by atoms with E-state index in [1.807, 2.05) is 18.2 Å². The van der Waals surface area contributed by atoms with Crippen LogP contribution in [0.4, 0.5) is 0 Å². The zero-order valence-electron chi connectivity index (χ0n) is 8.88. The molecular weight excluding hydrogens is 289 g/mol. The van der Waals surface area contributed by atoms with E-state index in [4.69, 9.17) is 21.6 Å². The minimum absolute atomic E-state index is 0.464. The highest BCUT2D eigenvalue weighted by Gasteiger charge is 2.01. The Bertz CT molecular complexity index is 376. The van der Waals surface area contributed by atoms with E-state index in [2.05, 4.69) is 22.0 Å². The lowest BCUT2D eigenvalue weighted by Gasteiger charge is -2.07. The second kappa shape index (κ2) is 7.54. The molecule has 4 heteroatoms. The van der Waals surface area contributed by atoms with Gasteiger partial charge in [0.15, 0.2) is 0 Å². The fourth-order valence-electron chi connectivity index (χ4n) is 1.24. The summed E-state index contributed by atoms with van der Waals surface area (Å²) in [6, 6.07) is 7.88. The Kier molecular flexibility index (Phi) is 6.29. The highest BCUT2D eigenvalue weighted by molar-refractivity contribution is 9.10. The van der Waals surface area contributed by atoms with Gasteiger partial charge >= 0.3 is 0 Å². The molecule has 0 bridgehead atoms. The summed E-state index contributed by atoms with van der Waals surface area (Å²) >= 11 is 9.20. The highest BCUT2D eigenvalue weighted by atomic mass is 79.9. The van der Waals surface area contributed by atoms with Gasteiger partial charge in [-0.2, -0.15) is 5.26 Å². The standard InChI is InChI=1S/C12H13BrClNO/c13-12-5-4-11(8-10(12)9-14)16-7-3-1-2-6-15/h4-5,8H,1-3,7,9H2. The summed E-state index contributed by atoms with van der Waals surface area (Å²) in [6.45, 7) is 0.644. The van der Waals surface area contributed by atoms with Crippen molar-refractivity contribution in [2.24, 2.45) is 0 Å². The molecule has 16 heavy (non-hydrogen) atoms. The minimum Gasteiger partial charge on any atom is -0.494 e. The molecule has 0 aromatic heterocycles. The predicted molar refractivity (Wildman–Crippen MR) is 68.7 cm³/mol. The van der Waals surface area contributed by atoms with Crippen LogP contribution in [0, 0.1) is 11.3 Å². The largest absolute Gasteiger partial charge is 0.494 e. The number of benzene rings is 1. The molecule has 1 aromatic carbocycles. The maximum Gasteiger partial charge on any atom is 0.119 e. The lowest BCUT2D eigenvalue weighted by molar-refractivity contribution is 0.307. The van der Waals surface area contributed by atoms with Crippen LogP contribution in [0.1, 0.15) is 24.8 Å². The number of hydrogen-bond acceptors (Lipinski definition) is 2. The normalized spacial score (nSPS) is 9.81. The molecule has 0 fully saturated rings. The summed E-state index contributed by atoms with van der Waals surface area (Å²) in [4.78, 5) is 0. The van der Waals surface area contributed by atoms with Crippen LogP contribution in [-0.4, -0.2) is 6.61 Å². The van der Waals surface area contributed by atoms with Crippen molar-refractivity contribution in [2.75, 3.05) is 6.61 Å². The highest BCUT2D eigenvalue weighted by Crippen LogP contribution is 2.24. The summed E-state index contributed by atoms with van der Waals surface area (Å²) in [5, 5.41) is 8.37. The Hall–Kier alpha value is -0.720. The fourth-order valence-corrected chi connectivity index (χ4v) is 2.01. The molecule has 1 aromatic rings. The predicted octanol–water partition coefficient (Wildman–Crippen LogP) is 4.26. The van der Waals surface area contributed by atoms with Crippen molar-refractivity contribution in [2.45, 2.75) is 25.1 Å². The van der Waals surface area contributed by atoms with Gasteiger partial charge in [0.25, 0.3) is 0 Å². The zero-order chi connectivity index (χ0) is 11.8. The number of ether oxygens (including phenoxy) is 1. The van der Waals surface area contributed by atoms with Gasteiger partial charge in [0.2, 0.25) is 0 Å². The summed E-state index contributed by atoms with van der Waals surface area (Å²) in [5.74, 6) is 1.29. The van der Waals surface area contributed by atoms with Gasteiger partial charge in [-0.15, -0.1) is 11.6 Å². The molecule has 0 saturated heterocycles. The molecule has 0 amide bonds. The molecular formula is C12H13BrClNO. The first-order chi connectivity index (χ1) is 7.77. The van der Waals surface area contributed by atoms with E-state index < -0.39 is 0 Å². The topological polar surface area (TPSA) is 33.0 Å². The van der Waals surface area contributed by atoms with Gasteiger partial charge in [-0.1, -0.05) is 15.9 Å². The van der Waals surface area contributed by atoms with E-state index in [0.29, 0.717) is 18.9 Å². The van der Waals surface area contributed by atoms with Crippen LogP contribution in [0.25, 0.3) is 0 Å². The van der Waals surface area contributed by atoms with E-state index >= 15 is 0 Å². The van der Waals surface area contributed by atoms with Crippen molar-refractivity contribution in [1.29, 1.82) is 5.26 Å². The van der Waals surface area contributed by atoms with E-state index in [9.17, 15) is 0 Å². The molecule has 0 unspecified atom stereocenters. The first-order valence-electron chi connectivity index (χ1n) is 5.12. The van der Waals surface area contributed by atoms with Crippen LogP contribution >= 0.6 is 27.5 Å². The summed E-state index contributed by atoms with van der Waals surface area (Å²) < 4.78 is 6.56. The fraction of sp³-hybridized carbons (Fsp3) is 0.417. The summed E-state index contributed by atoms with van der Waals surface area (Å²) in [7, 11) is 0. The number of nitriles is 1. The Morgan fingerprint density at radius 2 is 2.19 bits per heavy atom. The lowest BCUT2D eigenvalue weighted by atomic mass is 10.2. The molecule has 0 atom stereocenters. The molecule has 0 aliphatic carbocycles. The third-order valence-electron chi connectivity index (χ3n) is 2.11. The van der Waals surface area contributed by atoms with Crippen molar-refractivity contribution in [3.63, 3.8) is 0 Å². The number of rotatable bonds is 6. The van der Waals surface area contributed by atoms with Crippen molar-refractivity contribution in [3.8, 4) is 11.8 Å². The van der Waals surface area contributed by atoms with Crippen LogP contribution in [0.2, 0.25) is 0 Å². The quantitative estimate of drug-likeness (QED) is 0.581. The minimum atomic E-state index is 0.464. The van der Waals surface area contributed by atoms with Crippen LogP contribution in [-0.2, 0) is 5.88 Å². The van der Waals surface area contributed by atoms with Crippen LogP contribution < -0.4 is 4.74 Å². The third-order valence-corrected chi connectivity index (χ3v) is 3.17.